The Hall–Kier alpha value is -15.1. The van der Waals surface area contributed by atoms with Crippen LogP contribution in [0.5, 0.6) is 23.0 Å². The smallest absolute Gasteiger partial charge is 0.140 e. The van der Waals surface area contributed by atoms with Crippen molar-refractivity contribution >= 4 is 55.7 Å². The predicted molar refractivity (Wildman–Crippen MR) is 529 cm³/mol. The first-order valence-corrected chi connectivity index (χ1v) is 45.2. The van der Waals surface area contributed by atoms with E-state index < -0.39 is 27.1 Å². The molecule has 610 valence electrons. The van der Waals surface area contributed by atoms with Gasteiger partial charge in [-0.25, -0.2) is 0 Å². The van der Waals surface area contributed by atoms with Crippen LogP contribution in [0.4, 0.5) is 34.1 Å². The average molecular weight is 1640 g/mol. The molecule has 4 nitrogen and oxygen atoms in total. The van der Waals surface area contributed by atoms with E-state index in [2.05, 4.69) is 478 Å². The van der Waals surface area contributed by atoms with Crippen LogP contribution in [0, 0.1) is 0 Å². The number of para-hydroxylation sites is 2. The molecule has 0 fully saturated rings. The maximum atomic E-state index is 7.58. The maximum Gasteiger partial charge on any atom is 0.140 e. The molecule has 128 heavy (non-hydrogen) atoms. The number of rotatable bonds is 10. The highest BCUT2D eigenvalue weighted by Gasteiger charge is 2.57. The normalized spacial score (nSPS) is 16.9. The van der Waals surface area contributed by atoms with Crippen molar-refractivity contribution < 1.29 is 9.47 Å². The molecule has 0 saturated heterocycles. The molecule has 25 rings (SSSR count). The van der Waals surface area contributed by atoms with Crippen molar-refractivity contribution in [1.29, 1.82) is 0 Å². The number of hydrogen-bond donors (Lipinski definition) is 0. The summed E-state index contributed by atoms with van der Waals surface area (Å²) in [7, 11) is 0. The van der Waals surface area contributed by atoms with Crippen molar-refractivity contribution in [3.8, 4) is 89.8 Å². The molecule has 0 aromatic heterocycles. The zero-order valence-corrected chi connectivity index (χ0v) is 73.0. The summed E-state index contributed by atoms with van der Waals surface area (Å²) < 4.78 is 14.8. The van der Waals surface area contributed by atoms with Gasteiger partial charge in [0.1, 0.15) is 23.0 Å². The Labute approximate surface area is 749 Å². The first-order valence-electron chi connectivity index (χ1n) is 45.2. The molecule has 19 aromatic rings. The van der Waals surface area contributed by atoms with Gasteiger partial charge in [0, 0.05) is 83.1 Å². The predicted octanol–water partition coefficient (Wildman–Crippen LogP) is 32.5. The third-order valence-electron chi connectivity index (χ3n) is 30.1. The van der Waals surface area contributed by atoms with E-state index in [0.29, 0.717) is 0 Å². The number of benzene rings is 19. The monoisotopic (exact) mass is 1640 g/mol. The van der Waals surface area contributed by atoms with Gasteiger partial charge >= 0.3 is 0 Å². The fourth-order valence-electron chi connectivity index (χ4n) is 24.1. The van der Waals surface area contributed by atoms with Gasteiger partial charge in [-0.1, -0.05) is 377 Å². The molecule has 0 amide bonds. The van der Waals surface area contributed by atoms with Gasteiger partial charge in [-0.05, 0) is 235 Å². The van der Waals surface area contributed by atoms with Crippen LogP contribution in [0.25, 0.3) is 88.3 Å². The largest absolute Gasteiger partial charge is 0.456 e. The topological polar surface area (TPSA) is 24.9 Å². The zero-order valence-electron chi connectivity index (χ0n) is 73.0. The van der Waals surface area contributed by atoms with E-state index in [1.54, 1.807) is 0 Å². The van der Waals surface area contributed by atoms with Crippen LogP contribution in [-0.2, 0) is 32.5 Å². The van der Waals surface area contributed by atoms with Crippen LogP contribution < -0.4 is 19.3 Å². The number of anilines is 6. The fraction of sp³-hybridized carbons (Fsp3) is 0.113. The van der Waals surface area contributed by atoms with Crippen LogP contribution in [-0.4, -0.2) is 0 Å². The van der Waals surface area contributed by atoms with Crippen LogP contribution in [0.1, 0.15) is 144 Å². The van der Waals surface area contributed by atoms with E-state index >= 15 is 0 Å². The molecule has 2 aliphatic heterocycles. The van der Waals surface area contributed by atoms with Gasteiger partial charge in [-0.15, -0.1) is 0 Å². The summed E-state index contributed by atoms with van der Waals surface area (Å²) >= 11 is 0. The van der Waals surface area contributed by atoms with Gasteiger partial charge in [0.25, 0.3) is 0 Å². The maximum absolute atomic E-state index is 7.58. The molecule has 4 heteroatoms. The van der Waals surface area contributed by atoms with E-state index in [4.69, 9.17) is 9.47 Å². The number of fused-ring (bicyclic) bond motifs is 26. The molecular weight excluding hydrogens is 1550 g/mol. The minimum Gasteiger partial charge on any atom is -0.456 e. The minimum atomic E-state index is -0.774. The zero-order chi connectivity index (χ0) is 85.9. The fourth-order valence-corrected chi connectivity index (χ4v) is 24.1. The van der Waals surface area contributed by atoms with Crippen molar-refractivity contribution in [2.45, 2.75) is 87.9 Å². The summed E-state index contributed by atoms with van der Waals surface area (Å²) in [6, 6.07) is 155. The summed E-state index contributed by atoms with van der Waals surface area (Å²) in [4.78, 5) is 5.01. The standard InChI is InChI=1S/C124H92N2O2/c1-119(2)98-37-18-17-35-93(98)95-69-66-89(75-110(95)119)126(112-46-28-45-106-116(112)122(7,8)100-39-20-22-41-102(100)124(106)104-43-24-25-47-113(104)127-117-92-34-16-15-33-81(92)58-71-107(117)124)90-67-70-96-94-68-57-85(74-109(94)120(3,4)111(96)76-90)84-50-49-83-59-72-108-118(97(83)73-84)128-114-48-26-23-42-103(114)123(108)101-40-21-19-38-99(101)121(5,6)115-91(36-27-44-105(115)123)82-55-64-88(65-56-82)125(86-60-51-79(52-61-86)77-29-11-9-12-30-77)87-62-53-80(54-63-87)78-31-13-10-14-32-78/h9-76H,1-8H3. The van der Waals surface area contributed by atoms with E-state index in [-0.39, 0.29) is 5.41 Å². The van der Waals surface area contributed by atoms with Crippen molar-refractivity contribution in [2.24, 2.45) is 0 Å². The number of nitrogens with zero attached hydrogens (tertiary/aromatic N) is 2. The average Bonchev–Trinajstić information content (AvgIpc) is 0.823. The number of ether oxygens (including phenoxy) is 2. The van der Waals surface area contributed by atoms with E-state index in [1.807, 2.05) is 0 Å². The number of hydrogen-bond acceptors (Lipinski definition) is 4. The third-order valence-corrected chi connectivity index (χ3v) is 30.1. The van der Waals surface area contributed by atoms with E-state index in [1.165, 1.54) is 117 Å². The highest BCUT2D eigenvalue weighted by molar-refractivity contribution is 6.00. The molecule has 0 bridgehead atoms. The molecule has 2 heterocycles. The van der Waals surface area contributed by atoms with Gasteiger partial charge in [0.15, 0.2) is 0 Å². The Morgan fingerprint density at radius 2 is 0.547 bits per heavy atom. The highest BCUT2D eigenvalue weighted by atomic mass is 16.5. The van der Waals surface area contributed by atoms with Crippen molar-refractivity contribution in [3.63, 3.8) is 0 Å². The lowest BCUT2D eigenvalue weighted by Gasteiger charge is -2.51. The van der Waals surface area contributed by atoms with E-state index in [9.17, 15) is 0 Å². The van der Waals surface area contributed by atoms with E-state index in [0.717, 1.165) is 118 Å². The molecular formula is C124H92N2O2. The molecule has 19 aromatic carbocycles. The summed E-state index contributed by atoms with van der Waals surface area (Å²) in [6.45, 7) is 19.5. The Balaban J connectivity index is 0.613. The van der Waals surface area contributed by atoms with Crippen LogP contribution in [0.2, 0.25) is 0 Å². The highest BCUT2D eigenvalue weighted by Crippen LogP contribution is 2.68. The Bertz CT molecular complexity index is 7780. The van der Waals surface area contributed by atoms with Crippen molar-refractivity contribution in [3.05, 3.63) is 502 Å². The van der Waals surface area contributed by atoms with Crippen LogP contribution >= 0.6 is 0 Å². The van der Waals surface area contributed by atoms with Gasteiger partial charge in [-0.3, -0.25) is 0 Å². The third kappa shape index (κ3) is 10.6. The summed E-state index contributed by atoms with van der Waals surface area (Å²) in [5, 5.41) is 4.45. The van der Waals surface area contributed by atoms with Gasteiger partial charge < -0.3 is 19.3 Å². The first-order chi connectivity index (χ1) is 62.5. The van der Waals surface area contributed by atoms with Crippen LogP contribution in [0.3, 0.4) is 0 Å². The Morgan fingerprint density at radius 1 is 0.188 bits per heavy atom. The first kappa shape index (κ1) is 75.4. The van der Waals surface area contributed by atoms with Gasteiger partial charge in [0.05, 0.1) is 16.5 Å². The lowest BCUT2D eigenvalue weighted by molar-refractivity contribution is 0.430. The quantitative estimate of drug-likeness (QED) is 0.136. The summed E-state index contributed by atoms with van der Waals surface area (Å²) in [5.41, 5.74) is 38.1. The lowest BCUT2D eigenvalue weighted by atomic mass is 9.52. The molecule has 2 spiro atoms. The molecule has 2 unspecified atom stereocenters. The SMILES string of the molecule is CC1(C)c2ccccc2-c2ccc(N(c3ccc4c(c3)C(C)(C)c3cc(-c5ccc6ccc7c(c6c5)Oc5ccccc5C75c6ccccc6C(C)(C)c6c(-c7ccc(N(c8ccc(-c9ccccc9)cc8)c8ccc(-c9ccccc9)cc8)cc7)cccc65)ccc3-4)c3cccc4c3C(C)(C)c3ccccc3C43c4ccccc4Oc4c3ccc3ccccc43)cc21. The second kappa shape index (κ2) is 27.7. The van der Waals surface area contributed by atoms with Crippen molar-refractivity contribution in [1.82, 2.24) is 0 Å². The summed E-state index contributed by atoms with van der Waals surface area (Å²) in [6.07, 6.45) is 0. The second-order valence-corrected chi connectivity index (χ2v) is 38.1. The molecule has 0 radical (unpaired) electrons. The summed E-state index contributed by atoms with van der Waals surface area (Å²) in [5.74, 6) is 3.52. The molecule has 0 N–H and O–H groups in total. The van der Waals surface area contributed by atoms with Gasteiger partial charge in [-0.2, -0.15) is 0 Å². The molecule has 6 aliphatic rings. The Morgan fingerprint density at radius 3 is 1.11 bits per heavy atom. The van der Waals surface area contributed by atoms with Crippen LogP contribution in [0.15, 0.2) is 413 Å². The molecule has 0 saturated carbocycles. The molecule has 4 aliphatic carbocycles. The van der Waals surface area contributed by atoms with Gasteiger partial charge in [0.2, 0.25) is 0 Å². The minimum absolute atomic E-state index is 0.247. The molecule has 2 atom stereocenters. The Kier molecular flexibility index (Phi) is 16.3. The second-order valence-electron chi connectivity index (χ2n) is 38.1. The van der Waals surface area contributed by atoms with Crippen molar-refractivity contribution in [2.75, 3.05) is 9.80 Å². The lowest BCUT2D eigenvalue weighted by Crippen LogP contribution is -2.44.